The molecule has 0 unspecified atom stereocenters. The molecule has 2 aromatic heterocycles. The topological polar surface area (TPSA) is 136 Å². The summed E-state index contributed by atoms with van der Waals surface area (Å²) in [6.07, 6.45) is -9.67. The van der Waals surface area contributed by atoms with Gasteiger partial charge in [-0.1, -0.05) is 6.07 Å². The first-order valence-corrected chi connectivity index (χ1v) is 11.4. The number of hydrogen-bond donors (Lipinski definition) is 3. The number of aliphatic carboxylic acids is 1. The highest BCUT2D eigenvalue weighted by Crippen LogP contribution is 2.42. The molecule has 1 aliphatic heterocycles. The Morgan fingerprint density at radius 1 is 1.10 bits per heavy atom. The number of alkyl halides is 6. The van der Waals surface area contributed by atoms with Crippen molar-refractivity contribution in [2.24, 2.45) is 0 Å². The zero-order chi connectivity index (χ0) is 28.8. The second-order valence-electron chi connectivity index (χ2n) is 8.03. The summed E-state index contributed by atoms with van der Waals surface area (Å²) < 4.78 is 84.5. The molecule has 0 spiro atoms. The number of carboxylic acid groups (broad SMARTS) is 1. The standard InChI is InChI=1S/C21H23F3N6O2.C2HF3O2/c1-26-18-13-5-6-15(27-19(13)29-20(25)28-18)17-14(21(22,23)24)3-2-4-16(17)32-12-9-30-7-10-31-11-8-30;3-2(4,5)1(6)7/h2-6H,7-12H2,1H3,(H3,25,26,27,28,29);(H,6,7). The summed E-state index contributed by atoms with van der Waals surface area (Å²) in [4.78, 5) is 23.6. The molecule has 0 radical (unpaired) electrons. The van der Waals surface area contributed by atoms with Crippen LogP contribution in [0.4, 0.5) is 38.1 Å². The Morgan fingerprint density at radius 3 is 2.36 bits per heavy atom. The molecule has 4 rings (SSSR count). The first-order chi connectivity index (χ1) is 18.3. The molecule has 1 aliphatic rings. The average molecular weight is 562 g/mol. The summed E-state index contributed by atoms with van der Waals surface area (Å²) in [5.41, 5.74) is 5.05. The number of morpholine rings is 1. The lowest BCUT2D eigenvalue weighted by atomic mass is 10.0. The lowest BCUT2D eigenvalue weighted by Gasteiger charge is -2.26. The van der Waals surface area contributed by atoms with Gasteiger partial charge in [-0.05, 0) is 24.3 Å². The number of pyridine rings is 1. The Kier molecular flexibility index (Phi) is 9.34. The van der Waals surface area contributed by atoms with Crippen molar-refractivity contribution in [3.05, 3.63) is 35.9 Å². The number of anilines is 2. The minimum absolute atomic E-state index is 0.0300. The second-order valence-corrected chi connectivity index (χ2v) is 8.03. The van der Waals surface area contributed by atoms with Crippen LogP contribution in [0.3, 0.4) is 0 Å². The molecule has 0 saturated carbocycles. The minimum Gasteiger partial charge on any atom is -0.492 e. The molecule has 212 valence electrons. The fourth-order valence-electron chi connectivity index (χ4n) is 3.62. The monoisotopic (exact) mass is 562 g/mol. The fraction of sp³-hybridized carbons (Fsp3) is 0.391. The van der Waals surface area contributed by atoms with Gasteiger partial charge in [0.2, 0.25) is 5.95 Å². The van der Waals surface area contributed by atoms with Gasteiger partial charge in [0.05, 0.1) is 35.4 Å². The molecule has 39 heavy (non-hydrogen) atoms. The van der Waals surface area contributed by atoms with E-state index in [1.54, 1.807) is 13.1 Å². The number of fused-ring (bicyclic) bond motifs is 1. The molecular formula is C23H24F6N6O4. The highest BCUT2D eigenvalue weighted by Gasteiger charge is 2.38. The first kappa shape index (κ1) is 29.6. The molecule has 3 aromatic rings. The van der Waals surface area contributed by atoms with Crippen molar-refractivity contribution in [1.82, 2.24) is 19.9 Å². The molecule has 0 amide bonds. The van der Waals surface area contributed by atoms with Gasteiger partial charge in [-0.3, -0.25) is 4.90 Å². The number of carboxylic acids is 1. The van der Waals surface area contributed by atoms with Crippen LogP contribution in [0.2, 0.25) is 0 Å². The zero-order valence-corrected chi connectivity index (χ0v) is 20.4. The average Bonchev–Trinajstić information content (AvgIpc) is 2.87. The maximum atomic E-state index is 13.9. The van der Waals surface area contributed by atoms with Crippen LogP contribution in [0.25, 0.3) is 22.3 Å². The van der Waals surface area contributed by atoms with Crippen molar-refractivity contribution >= 4 is 28.8 Å². The summed E-state index contributed by atoms with van der Waals surface area (Å²) in [6.45, 7) is 3.62. The van der Waals surface area contributed by atoms with Crippen LogP contribution in [0, 0.1) is 0 Å². The van der Waals surface area contributed by atoms with Crippen molar-refractivity contribution < 1.29 is 45.7 Å². The SMILES string of the molecule is CNc1nc(N)nc2nc(-c3c(OCCN4CCOCC4)cccc3C(F)(F)F)ccc12.O=C(O)C(F)(F)F. The predicted octanol–water partition coefficient (Wildman–Crippen LogP) is 3.68. The van der Waals surface area contributed by atoms with Crippen molar-refractivity contribution in [1.29, 1.82) is 0 Å². The zero-order valence-electron chi connectivity index (χ0n) is 20.4. The Morgan fingerprint density at radius 2 is 1.77 bits per heavy atom. The van der Waals surface area contributed by atoms with E-state index in [0.29, 0.717) is 31.0 Å². The normalized spacial score (nSPS) is 14.4. The van der Waals surface area contributed by atoms with E-state index in [1.165, 1.54) is 18.2 Å². The number of aromatic nitrogens is 3. The van der Waals surface area contributed by atoms with Crippen LogP contribution in [0.5, 0.6) is 5.75 Å². The van der Waals surface area contributed by atoms with Crippen LogP contribution < -0.4 is 15.8 Å². The Hall–Kier alpha value is -3.92. The molecule has 10 nitrogen and oxygen atoms in total. The third-order valence-electron chi connectivity index (χ3n) is 5.41. The number of nitrogens with one attached hydrogen (secondary N) is 1. The maximum absolute atomic E-state index is 13.9. The van der Waals surface area contributed by atoms with Crippen LogP contribution in [0.15, 0.2) is 30.3 Å². The minimum atomic E-state index is -5.08. The number of nitrogens with zero attached hydrogens (tertiary/aromatic N) is 4. The van der Waals surface area contributed by atoms with Crippen LogP contribution >= 0.6 is 0 Å². The van der Waals surface area contributed by atoms with E-state index in [-0.39, 0.29) is 35.2 Å². The van der Waals surface area contributed by atoms with E-state index in [0.717, 1.165) is 19.2 Å². The van der Waals surface area contributed by atoms with Crippen molar-refractivity contribution in [3.63, 3.8) is 0 Å². The van der Waals surface area contributed by atoms with Gasteiger partial charge in [0.1, 0.15) is 18.2 Å². The predicted molar refractivity (Wildman–Crippen MR) is 128 cm³/mol. The summed E-state index contributed by atoms with van der Waals surface area (Å²) in [6, 6.07) is 6.99. The van der Waals surface area contributed by atoms with Crippen LogP contribution in [-0.2, 0) is 15.7 Å². The van der Waals surface area contributed by atoms with Gasteiger partial charge < -0.3 is 25.6 Å². The third kappa shape index (κ3) is 7.79. The van der Waals surface area contributed by atoms with E-state index >= 15 is 0 Å². The van der Waals surface area contributed by atoms with Crippen LogP contribution in [0.1, 0.15) is 5.56 Å². The van der Waals surface area contributed by atoms with Gasteiger partial charge in [-0.25, -0.2) is 9.78 Å². The van der Waals surface area contributed by atoms with E-state index in [9.17, 15) is 26.3 Å². The number of benzene rings is 1. The van der Waals surface area contributed by atoms with Crippen molar-refractivity contribution in [2.45, 2.75) is 12.4 Å². The highest BCUT2D eigenvalue weighted by atomic mass is 19.4. The summed E-state index contributed by atoms with van der Waals surface area (Å²) in [5.74, 6) is -2.24. The number of ether oxygens (including phenoxy) is 2. The molecule has 1 saturated heterocycles. The highest BCUT2D eigenvalue weighted by molar-refractivity contribution is 5.89. The largest absolute Gasteiger partial charge is 0.492 e. The Balaban J connectivity index is 0.000000532. The molecule has 0 aliphatic carbocycles. The fourth-order valence-corrected chi connectivity index (χ4v) is 3.62. The van der Waals surface area contributed by atoms with Crippen molar-refractivity contribution in [3.8, 4) is 17.0 Å². The molecule has 4 N–H and O–H groups in total. The molecule has 16 heteroatoms. The number of nitrogen functional groups attached to an aromatic ring is 1. The lowest BCUT2D eigenvalue weighted by Crippen LogP contribution is -2.38. The second kappa shape index (κ2) is 12.3. The van der Waals surface area contributed by atoms with Gasteiger partial charge >= 0.3 is 18.3 Å². The third-order valence-corrected chi connectivity index (χ3v) is 5.41. The number of halogens is 6. The Labute approximate surface area is 217 Å². The first-order valence-electron chi connectivity index (χ1n) is 11.4. The van der Waals surface area contributed by atoms with Gasteiger partial charge in [0, 0.05) is 26.7 Å². The van der Waals surface area contributed by atoms with E-state index < -0.39 is 23.9 Å². The van der Waals surface area contributed by atoms with Gasteiger partial charge in [-0.2, -0.15) is 36.3 Å². The van der Waals surface area contributed by atoms with E-state index in [1.807, 2.05) is 0 Å². The number of rotatable bonds is 6. The maximum Gasteiger partial charge on any atom is 0.490 e. The molecule has 1 aromatic carbocycles. The van der Waals surface area contributed by atoms with E-state index in [4.69, 9.17) is 25.1 Å². The van der Waals surface area contributed by atoms with Gasteiger partial charge in [0.25, 0.3) is 0 Å². The van der Waals surface area contributed by atoms with E-state index in [2.05, 4.69) is 25.2 Å². The summed E-state index contributed by atoms with van der Waals surface area (Å²) in [7, 11) is 1.66. The summed E-state index contributed by atoms with van der Waals surface area (Å²) in [5, 5.41) is 10.6. The molecule has 3 heterocycles. The lowest BCUT2D eigenvalue weighted by molar-refractivity contribution is -0.192. The van der Waals surface area contributed by atoms with Crippen LogP contribution in [-0.4, -0.2) is 83.6 Å². The quantitative estimate of drug-likeness (QED) is 0.382. The number of nitrogens with two attached hydrogens (primary N) is 1. The summed E-state index contributed by atoms with van der Waals surface area (Å²) >= 11 is 0. The molecule has 0 atom stereocenters. The molecule has 1 fully saturated rings. The molecular weight excluding hydrogens is 538 g/mol. The number of carbonyl (C=O) groups is 1. The Bertz CT molecular complexity index is 1300. The van der Waals surface area contributed by atoms with Gasteiger partial charge in [0.15, 0.2) is 5.65 Å². The smallest absolute Gasteiger partial charge is 0.490 e. The number of hydrogen-bond acceptors (Lipinski definition) is 9. The molecule has 0 bridgehead atoms. The van der Waals surface area contributed by atoms with Crippen molar-refractivity contribution in [2.75, 3.05) is 57.6 Å². The van der Waals surface area contributed by atoms with Gasteiger partial charge in [-0.15, -0.1) is 0 Å².